The highest BCUT2D eigenvalue weighted by Gasteiger charge is 2.31. The van der Waals surface area contributed by atoms with Gasteiger partial charge in [-0.1, -0.05) is 6.07 Å². The third-order valence-corrected chi connectivity index (χ3v) is 6.39. The SMILES string of the molecule is Cc1cc(C)cc(N(C)S(=O)(=O)N2CCC(CCl)CC2)c1. The molecule has 0 radical (unpaired) electrons. The van der Waals surface area contributed by atoms with E-state index in [1.54, 1.807) is 11.4 Å². The van der Waals surface area contributed by atoms with Crippen molar-refractivity contribution in [1.82, 2.24) is 4.31 Å². The molecule has 6 heteroatoms. The van der Waals surface area contributed by atoms with Crippen molar-refractivity contribution in [2.24, 2.45) is 5.92 Å². The maximum atomic E-state index is 12.7. The van der Waals surface area contributed by atoms with Crippen molar-refractivity contribution in [3.63, 3.8) is 0 Å². The molecule has 1 aromatic rings. The molecule has 1 saturated heterocycles. The average molecular weight is 331 g/mol. The molecule has 0 aliphatic carbocycles. The molecular formula is C15H23ClN2O2S. The first-order chi connectivity index (χ1) is 9.84. The zero-order valence-corrected chi connectivity index (χ0v) is 14.4. The number of hydrogen-bond donors (Lipinski definition) is 0. The van der Waals surface area contributed by atoms with Crippen molar-refractivity contribution in [1.29, 1.82) is 0 Å². The van der Waals surface area contributed by atoms with Gasteiger partial charge in [-0.3, -0.25) is 4.31 Å². The standard InChI is InChI=1S/C15H23ClN2O2S/c1-12-8-13(2)10-15(9-12)17(3)21(19,20)18-6-4-14(11-16)5-7-18/h8-10,14H,4-7,11H2,1-3H3. The molecule has 1 aromatic carbocycles. The van der Waals surface area contributed by atoms with Gasteiger partial charge in [-0.15, -0.1) is 11.6 Å². The zero-order chi connectivity index (χ0) is 15.6. The maximum Gasteiger partial charge on any atom is 0.303 e. The van der Waals surface area contributed by atoms with Gasteiger partial charge in [-0.05, 0) is 55.9 Å². The number of aryl methyl sites for hydroxylation is 2. The van der Waals surface area contributed by atoms with Crippen LogP contribution >= 0.6 is 11.6 Å². The molecule has 1 aliphatic rings. The van der Waals surface area contributed by atoms with Crippen LogP contribution in [-0.4, -0.2) is 38.7 Å². The second kappa shape index (κ2) is 6.55. The molecule has 0 unspecified atom stereocenters. The monoisotopic (exact) mass is 330 g/mol. The van der Waals surface area contributed by atoms with E-state index in [0.717, 1.165) is 24.0 Å². The van der Waals surface area contributed by atoms with E-state index in [2.05, 4.69) is 0 Å². The van der Waals surface area contributed by atoms with E-state index < -0.39 is 10.2 Å². The fourth-order valence-electron chi connectivity index (χ4n) is 2.73. The molecule has 1 aliphatic heterocycles. The molecular weight excluding hydrogens is 308 g/mol. The molecule has 1 heterocycles. The summed E-state index contributed by atoms with van der Waals surface area (Å²) in [5, 5.41) is 0. The summed E-state index contributed by atoms with van der Waals surface area (Å²) < 4.78 is 28.4. The van der Waals surface area contributed by atoms with E-state index in [4.69, 9.17) is 11.6 Å². The molecule has 0 N–H and O–H groups in total. The molecule has 0 spiro atoms. The number of hydrogen-bond acceptors (Lipinski definition) is 2. The quantitative estimate of drug-likeness (QED) is 0.796. The highest BCUT2D eigenvalue weighted by atomic mass is 35.5. The van der Waals surface area contributed by atoms with Crippen LogP contribution in [0.25, 0.3) is 0 Å². The number of piperidine rings is 1. The lowest BCUT2D eigenvalue weighted by Gasteiger charge is -2.33. The van der Waals surface area contributed by atoms with Crippen molar-refractivity contribution < 1.29 is 8.42 Å². The van der Waals surface area contributed by atoms with Crippen LogP contribution in [0, 0.1) is 19.8 Å². The lowest BCUT2D eigenvalue weighted by Crippen LogP contribution is -2.46. The number of halogens is 1. The smallest absolute Gasteiger partial charge is 0.261 e. The van der Waals surface area contributed by atoms with Gasteiger partial charge in [0.1, 0.15) is 0 Å². The molecule has 0 amide bonds. The summed E-state index contributed by atoms with van der Waals surface area (Å²) in [6.45, 7) is 5.05. The van der Waals surface area contributed by atoms with E-state index in [1.807, 2.05) is 32.0 Å². The first kappa shape index (κ1) is 16.6. The fourth-order valence-corrected chi connectivity index (χ4v) is 4.43. The van der Waals surface area contributed by atoms with Crippen LogP contribution in [0.15, 0.2) is 18.2 Å². The predicted octanol–water partition coefficient (Wildman–Crippen LogP) is 2.94. The molecule has 118 valence electrons. The number of alkyl halides is 1. The van der Waals surface area contributed by atoms with Gasteiger partial charge in [0.2, 0.25) is 0 Å². The summed E-state index contributed by atoms with van der Waals surface area (Å²) in [6.07, 6.45) is 1.67. The summed E-state index contributed by atoms with van der Waals surface area (Å²) in [4.78, 5) is 0. The fraction of sp³-hybridized carbons (Fsp3) is 0.600. The van der Waals surface area contributed by atoms with Crippen LogP contribution in [-0.2, 0) is 10.2 Å². The summed E-state index contributed by atoms with van der Waals surface area (Å²) >= 11 is 5.86. The maximum absolute atomic E-state index is 12.7. The molecule has 0 bridgehead atoms. The van der Waals surface area contributed by atoms with Crippen LogP contribution < -0.4 is 4.31 Å². The van der Waals surface area contributed by atoms with Gasteiger partial charge in [0.15, 0.2) is 0 Å². The summed E-state index contributed by atoms with van der Waals surface area (Å²) in [5.74, 6) is 1.05. The molecule has 4 nitrogen and oxygen atoms in total. The molecule has 21 heavy (non-hydrogen) atoms. The number of rotatable bonds is 4. The Labute approximate surface area is 132 Å². The van der Waals surface area contributed by atoms with Gasteiger partial charge >= 0.3 is 10.2 Å². The summed E-state index contributed by atoms with van der Waals surface area (Å²) in [6, 6.07) is 5.84. The molecule has 2 rings (SSSR count). The van der Waals surface area contributed by atoms with Gasteiger partial charge in [0, 0.05) is 26.0 Å². The highest BCUT2D eigenvalue weighted by molar-refractivity contribution is 7.90. The van der Waals surface area contributed by atoms with Crippen molar-refractivity contribution in [2.75, 3.05) is 30.3 Å². The molecule has 0 saturated carbocycles. The first-order valence-electron chi connectivity index (χ1n) is 7.23. The normalized spacial score (nSPS) is 17.9. The topological polar surface area (TPSA) is 40.6 Å². The molecule has 0 aromatic heterocycles. The summed E-state index contributed by atoms with van der Waals surface area (Å²) in [7, 11) is -1.83. The Morgan fingerprint density at radius 2 is 1.71 bits per heavy atom. The van der Waals surface area contributed by atoms with E-state index in [-0.39, 0.29) is 0 Å². The Hall–Kier alpha value is -0.780. The predicted molar refractivity (Wildman–Crippen MR) is 88.3 cm³/mol. The Balaban J connectivity index is 2.19. The van der Waals surface area contributed by atoms with E-state index >= 15 is 0 Å². The van der Waals surface area contributed by atoms with Crippen molar-refractivity contribution in [2.45, 2.75) is 26.7 Å². The van der Waals surface area contributed by atoms with Crippen LogP contribution in [0.4, 0.5) is 5.69 Å². The van der Waals surface area contributed by atoms with Gasteiger partial charge < -0.3 is 0 Å². The van der Waals surface area contributed by atoms with Crippen LogP contribution in [0.3, 0.4) is 0 Å². The van der Waals surface area contributed by atoms with Crippen LogP contribution in [0.5, 0.6) is 0 Å². The lowest BCUT2D eigenvalue weighted by molar-refractivity contribution is 0.290. The minimum Gasteiger partial charge on any atom is -0.261 e. The zero-order valence-electron chi connectivity index (χ0n) is 12.8. The number of anilines is 1. The van der Waals surface area contributed by atoms with Gasteiger partial charge in [-0.25, -0.2) is 0 Å². The Morgan fingerprint density at radius 1 is 1.19 bits per heavy atom. The summed E-state index contributed by atoms with van der Waals surface area (Å²) in [5.41, 5.74) is 2.84. The molecule has 1 fully saturated rings. The highest BCUT2D eigenvalue weighted by Crippen LogP contribution is 2.26. The number of nitrogens with zero attached hydrogens (tertiary/aromatic N) is 2. The average Bonchev–Trinajstić information content (AvgIpc) is 2.45. The van der Waals surface area contributed by atoms with Gasteiger partial charge in [-0.2, -0.15) is 12.7 Å². The van der Waals surface area contributed by atoms with Gasteiger partial charge in [0.05, 0.1) is 5.69 Å². The van der Waals surface area contributed by atoms with Crippen molar-refractivity contribution >= 4 is 27.5 Å². The lowest BCUT2D eigenvalue weighted by atomic mass is 10.0. The second-order valence-electron chi connectivity index (χ2n) is 5.82. The van der Waals surface area contributed by atoms with Crippen LogP contribution in [0.1, 0.15) is 24.0 Å². The first-order valence-corrected chi connectivity index (χ1v) is 9.16. The third-order valence-electron chi connectivity index (χ3n) is 4.03. The number of benzene rings is 1. The minimum atomic E-state index is -3.46. The van der Waals surface area contributed by atoms with Crippen LogP contribution in [0.2, 0.25) is 0 Å². The molecule has 0 atom stereocenters. The van der Waals surface area contributed by atoms with E-state index in [9.17, 15) is 8.42 Å². The Morgan fingerprint density at radius 3 is 2.19 bits per heavy atom. The van der Waals surface area contributed by atoms with Crippen molar-refractivity contribution in [3.05, 3.63) is 29.3 Å². The largest absolute Gasteiger partial charge is 0.303 e. The third kappa shape index (κ3) is 3.71. The Kier molecular flexibility index (Phi) is 5.17. The van der Waals surface area contributed by atoms with E-state index in [1.165, 1.54) is 4.31 Å². The second-order valence-corrected chi connectivity index (χ2v) is 8.09. The van der Waals surface area contributed by atoms with Gasteiger partial charge in [0.25, 0.3) is 0 Å². The van der Waals surface area contributed by atoms with E-state index in [0.29, 0.717) is 30.6 Å². The minimum absolute atomic E-state index is 0.435. The van der Waals surface area contributed by atoms with Crippen molar-refractivity contribution in [3.8, 4) is 0 Å². The Bertz CT molecular complexity index is 575.